The van der Waals surface area contributed by atoms with Gasteiger partial charge in [0.15, 0.2) is 0 Å². The molecule has 0 aromatic heterocycles. The number of rotatable bonds is 0. The summed E-state index contributed by atoms with van der Waals surface area (Å²) in [6, 6.07) is 0. The summed E-state index contributed by atoms with van der Waals surface area (Å²) in [5, 5.41) is 0. The van der Waals surface area contributed by atoms with Crippen LogP contribution in [0, 0.1) is 16.7 Å². The Bertz CT molecular complexity index is 266. The molecule has 0 aliphatic heterocycles. The standard InChI is InChI=1S/C15H26/c1-14(2,3)12-8-10-15(4)9-6-5-7-13(15)11-12/h8,13H,5-7,9-11H2,1-4H3. The second-order valence-corrected chi connectivity index (χ2v) is 6.98. The lowest BCUT2D eigenvalue weighted by molar-refractivity contribution is 0.102. The summed E-state index contributed by atoms with van der Waals surface area (Å²) in [4.78, 5) is 0. The molecule has 1 saturated carbocycles. The summed E-state index contributed by atoms with van der Waals surface area (Å²) in [7, 11) is 0. The summed E-state index contributed by atoms with van der Waals surface area (Å²) in [5.41, 5.74) is 2.76. The number of allylic oxidation sites excluding steroid dienone is 2. The SMILES string of the molecule is CC(C)(C)C1=CCC2(C)CCCCC2C1. The summed E-state index contributed by atoms with van der Waals surface area (Å²) in [6.45, 7) is 9.62. The van der Waals surface area contributed by atoms with Gasteiger partial charge in [-0.3, -0.25) is 0 Å². The van der Waals surface area contributed by atoms with Crippen molar-refractivity contribution in [3.05, 3.63) is 11.6 Å². The monoisotopic (exact) mass is 206 g/mol. The third-order valence-corrected chi connectivity index (χ3v) is 4.78. The van der Waals surface area contributed by atoms with Gasteiger partial charge in [-0.2, -0.15) is 0 Å². The highest BCUT2D eigenvalue weighted by molar-refractivity contribution is 5.18. The first-order valence-corrected chi connectivity index (χ1v) is 6.61. The van der Waals surface area contributed by atoms with Crippen LogP contribution in [0.4, 0.5) is 0 Å². The van der Waals surface area contributed by atoms with E-state index in [4.69, 9.17) is 0 Å². The highest BCUT2D eigenvalue weighted by Gasteiger charge is 2.39. The van der Waals surface area contributed by atoms with Crippen LogP contribution < -0.4 is 0 Å². The van der Waals surface area contributed by atoms with Crippen LogP contribution in [0.5, 0.6) is 0 Å². The number of hydrogen-bond donors (Lipinski definition) is 0. The molecule has 1 fully saturated rings. The van der Waals surface area contributed by atoms with Gasteiger partial charge in [-0.25, -0.2) is 0 Å². The van der Waals surface area contributed by atoms with E-state index in [0.717, 1.165) is 5.92 Å². The Labute approximate surface area is 95.1 Å². The van der Waals surface area contributed by atoms with Crippen LogP contribution in [-0.4, -0.2) is 0 Å². The summed E-state index contributed by atoms with van der Waals surface area (Å²) < 4.78 is 0. The normalized spacial score (nSPS) is 37.1. The van der Waals surface area contributed by atoms with Crippen molar-refractivity contribution >= 4 is 0 Å². The molecule has 0 amide bonds. The smallest absolute Gasteiger partial charge is 0.0173 e. The predicted molar refractivity (Wildman–Crippen MR) is 66.8 cm³/mol. The second-order valence-electron chi connectivity index (χ2n) is 6.98. The Kier molecular flexibility index (Phi) is 2.73. The average molecular weight is 206 g/mol. The quantitative estimate of drug-likeness (QED) is 0.492. The highest BCUT2D eigenvalue weighted by atomic mass is 14.4. The van der Waals surface area contributed by atoms with Gasteiger partial charge >= 0.3 is 0 Å². The minimum atomic E-state index is 0.402. The lowest BCUT2D eigenvalue weighted by atomic mass is 9.59. The first kappa shape index (κ1) is 11.2. The molecule has 2 aliphatic rings. The van der Waals surface area contributed by atoms with Crippen LogP contribution in [0.25, 0.3) is 0 Å². The van der Waals surface area contributed by atoms with Crippen molar-refractivity contribution in [1.29, 1.82) is 0 Å². The van der Waals surface area contributed by atoms with Crippen LogP contribution >= 0.6 is 0 Å². The van der Waals surface area contributed by atoms with E-state index in [2.05, 4.69) is 33.8 Å². The van der Waals surface area contributed by atoms with Gasteiger partial charge in [-0.05, 0) is 42.4 Å². The van der Waals surface area contributed by atoms with Gasteiger partial charge in [0.2, 0.25) is 0 Å². The highest BCUT2D eigenvalue weighted by Crippen LogP contribution is 2.51. The Hall–Kier alpha value is -0.260. The molecule has 2 unspecified atom stereocenters. The largest absolute Gasteiger partial charge is 0.0842 e. The molecule has 2 atom stereocenters. The molecule has 0 nitrogen and oxygen atoms in total. The van der Waals surface area contributed by atoms with Crippen LogP contribution in [0.1, 0.15) is 66.2 Å². The average Bonchev–Trinajstić information content (AvgIpc) is 2.14. The van der Waals surface area contributed by atoms with Gasteiger partial charge in [0, 0.05) is 0 Å². The van der Waals surface area contributed by atoms with E-state index in [-0.39, 0.29) is 0 Å². The van der Waals surface area contributed by atoms with Crippen molar-refractivity contribution in [1.82, 2.24) is 0 Å². The summed E-state index contributed by atoms with van der Waals surface area (Å²) >= 11 is 0. The predicted octanol–water partition coefficient (Wildman–Crippen LogP) is 4.95. The topological polar surface area (TPSA) is 0 Å². The van der Waals surface area contributed by atoms with Crippen molar-refractivity contribution in [3.8, 4) is 0 Å². The van der Waals surface area contributed by atoms with Gasteiger partial charge in [-0.15, -0.1) is 0 Å². The lowest BCUT2D eigenvalue weighted by Gasteiger charge is -2.46. The van der Waals surface area contributed by atoms with E-state index >= 15 is 0 Å². The zero-order valence-corrected chi connectivity index (χ0v) is 10.9. The van der Waals surface area contributed by atoms with Gasteiger partial charge < -0.3 is 0 Å². The first-order valence-electron chi connectivity index (χ1n) is 6.61. The fourth-order valence-electron chi connectivity index (χ4n) is 3.41. The maximum absolute atomic E-state index is 2.56. The van der Waals surface area contributed by atoms with Crippen molar-refractivity contribution in [2.24, 2.45) is 16.7 Å². The fourth-order valence-corrected chi connectivity index (χ4v) is 3.41. The second kappa shape index (κ2) is 3.64. The molecule has 0 aromatic rings. The van der Waals surface area contributed by atoms with Gasteiger partial charge in [0.1, 0.15) is 0 Å². The van der Waals surface area contributed by atoms with Crippen LogP contribution in [0.2, 0.25) is 0 Å². The molecule has 0 N–H and O–H groups in total. The third-order valence-electron chi connectivity index (χ3n) is 4.78. The van der Waals surface area contributed by atoms with Crippen LogP contribution in [0.3, 0.4) is 0 Å². The minimum absolute atomic E-state index is 0.402. The maximum Gasteiger partial charge on any atom is -0.0173 e. The molecule has 0 radical (unpaired) electrons. The summed E-state index contributed by atoms with van der Waals surface area (Å²) in [5.74, 6) is 0.977. The molecule has 0 saturated heterocycles. The zero-order chi connectivity index (χ0) is 11.1. The molecule has 0 heteroatoms. The van der Waals surface area contributed by atoms with Crippen molar-refractivity contribution in [3.63, 3.8) is 0 Å². The Morgan fingerprint density at radius 2 is 2.00 bits per heavy atom. The van der Waals surface area contributed by atoms with E-state index in [1.165, 1.54) is 38.5 Å². The molecular formula is C15H26. The van der Waals surface area contributed by atoms with Gasteiger partial charge in [-0.1, -0.05) is 52.2 Å². The molecule has 0 aromatic carbocycles. The van der Waals surface area contributed by atoms with Crippen LogP contribution in [-0.2, 0) is 0 Å². The molecule has 0 spiro atoms. The van der Waals surface area contributed by atoms with E-state index in [1.807, 2.05) is 0 Å². The van der Waals surface area contributed by atoms with Gasteiger partial charge in [0.05, 0.1) is 0 Å². The van der Waals surface area contributed by atoms with E-state index in [1.54, 1.807) is 5.57 Å². The summed E-state index contributed by atoms with van der Waals surface area (Å²) in [6.07, 6.45) is 11.1. The zero-order valence-electron chi connectivity index (χ0n) is 10.9. The Balaban J connectivity index is 2.17. The van der Waals surface area contributed by atoms with Crippen molar-refractivity contribution in [2.45, 2.75) is 66.2 Å². The van der Waals surface area contributed by atoms with Crippen molar-refractivity contribution < 1.29 is 0 Å². The Morgan fingerprint density at radius 1 is 1.27 bits per heavy atom. The Morgan fingerprint density at radius 3 is 2.67 bits per heavy atom. The molecule has 2 aliphatic carbocycles. The van der Waals surface area contributed by atoms with E-state index in [9.17, 15) is 0 Å². The van der Waals surface area contributed by atoms with E-state index < -0.39 is 0 Å². The molecule has 86 valence electrons. The molecule has 2 rings (SSSR count). The molecule has 15 heavy (non-hydrogen) atoms. The third kappa shape index (κ3) is 2.14. The fraction of sp³-hybridized carbons (Fsp3) is 0.867. The lowest BCUT2D eigenvalue weighted by Crippen LogP contribution is -2.35. The molecule has 0 heterocycles. The van der Waals surface area contributed by atoms with Gasteiger partial charge in [0.25, 0.3) is 0 Å². The first-order chi connectivity index (χ1) is 6.92. The molecule has 0 bridgehead atoms. The van der Waals surface area contributed by atoms with E-state index in [0.29, 0.717) is 10.8 Å². The minimum Gasteiger partial charge on any atom is -0.0842 e. The molecular weight excluding hydrogens is 180 g/mol. The van der Waals surface area contributed by atoms with Crippen molar-refractivity contribution in [2.75, 3.05) is 0 Å². The maximum atomic E-state index is 2.56. The number of hydrogen-bond acceptors (Lipinski definition) is 0. The van der Waals surface area contributed by atoms with Crippen LogP contribution in [0.15, 0.2) is 11.6 Å². The number of fused-ring (bicyclic) bond motifs is 1.